The van der Waals surface area contributed by atoms with Crippen LogP contribution < -0.4 is 0 Å². The zero-order valence-corrected chi connectivity index (χ0v) is 15.3. The summed E-state index contributed by atoms with van der Waals surface area (Å²) in [5.74, 6) is -0.229. The van der Waals surface area contributed by atoms with E-state index >= 15 is 0 Å². The lowest BCUT2D eigenvalue weighted by Crippen LogP contribution is -2.44. The van der Waals surface area contributed by atoms with Crippen molar-refractivity contribution in [1.82, 2.24) is 4.90 Å². The number of nitrogens with zero attached hydrogens (tertiary/aromatic N) is 2. The number of fused-ring (bicyclic) bond motifs is 2. The third-order valence-corrected chi connectivity index (χ3v) is 6.10. The molecule has 2 fully saturated rings. The van der Waals surface area contributed by atoms with E-state index in [-0.39, 0.29) is 18.1 Å². The zero-order chi connectivity index (χ0) is 18.8. The molecule has 2 heterocycles. The van der Waals surface area contributed by atoms with Gasteiger partial charge in [-0.3, -0.25) is 9.69 Å². The summed E-state index contributed by atoms with van der Waals surface area (Å²) in [6.07, 6.45) is 4.19. The molecule has 0 saturated carbocycles. The zero-order valence-electron chi connectivity index (χ0n) is 15.3. The third kappa shape index (κ3) is 3.79. The second kappa shape index (κ2) is 7.62. The number of hydrogen-bond donors (Lipinski definition) is 0. The van der Waals surface area contributed by atoms with Gasteiger partial charge >= 0.3 is 0 Å². The lowest BCUT2D eigenvalue weighted by molar-refractivity contribution is -0.124. The monoisotopic (exact) mass is 362 g/mol. The van der Waals surface area contributed by atoms with Gasteiger partial charge in [-0.25, -0.2) is 4.39 Å². The van der Waals surface area contributed by atoms with Gasteiger partial charge in [0.25, 0.3) is 0 Å². The largest absolute Gasteiger partial charge is 0.299 e. The average Bonchev–Trinajstić information content (AvgIpc) is 2.90. The van der Waals surface area contributed by atoms with Gasteiger partial charge in [-0.2, -0.15) is 5.26 Å². The van der Waals surface area contributed by atoms with Crippen LogP contribution in [0.25, 0.3) is 0 Å². The van der Waals surface area contributed by atoms with Crippen LogP contribution in [0.2, 0.25) is 0 Å². The highest BCUT2D eigenvalue weighted by molar-refractivity contribution is 5.84. The fourth-order valence-electron chi connectivity index (χ4n) is 4.74. The second-order valence-corrected chi connectivity index (χ2v) is 7.77. The molecule has 2 saturated heterocycles. The molecule has 2 aliphatic heterocycles. The lowest BCUT2D eigenvalue weighted by atomic mass is 9.84. The number of benzene rings is 2. The van der Waals surface area contributed by atoms with E-state index in [2.05, 4.69) is 35.2 Å². The number of Topliss-reactive ketones (excluding diaryl/α,β-unsaturated/α-hetero) is 1. The fourth-order valence-corrected chi connectivity index (χ4v) is 4.74. The maximum Gasteiger partial charge on any atom is 0.140 e. The van der Waals surface area contributed by atoms with Gasteiger partial charge < -0.3 is 0 Å². The number of hydrogen-bond acceptors (Lipinski definition) is 3. The quantitative estimate of drug-likeness (QED) is 0.799. The molecule has 0 aliphatic carbocycles. The van der Waals surface area contributed by atoms with Crippen molar-refractivity contribution in [3.05, 3.63) is 71.0 Å². The van der Waals surface area contributed by atoms with Crippen molar-refractivity contribution in [3.63, 3.8) is 0 Å². The first kappa shape index (κ1) is 17.9. The van der Waals surface area contributed by atoms with Crippen LogP contribution in [0, 0.1) is 23.1 Å². The molecule has 0 amide bonds. The Bertz CT molecular complexity index is 860. The number of rotatable bonds is 5. The molecular formula is C23H23FN2O. The SMILES string of the molecule is N#Cc1ccc(F)cc1CC(=O)C1CC2CCC(C1)N2Cc1ccccc1. The van der Waals surface area contributed by atoms with Crippen LogP contribution in [0.3, 0.4) is 0 Å². The third-order valence-electron chi connectivity index (χ3n) is 6.10. The van der Waals surface area contributed by atoms with E-state index in [0.717, 1.165) is 32.2 Å². The van der Waals surface area contributed by atoms with Crippen LogP contribution in [-0.2, 0) is 17.8 Å². The van der Waals surface area contributed by atoms with E-state index in [0.29, 0.717) is 23.2 Å². The van der Waals surface area contributed by atoms with Crippen LogP contribution in [0.4, 0.5) is 4.39 Å². The summed E-state index contributed by atoms with van der Waals surface area (Å²) < 4.78 is 13.5. The van der Waals surface area contributed by atoms with Crippen molar-refractivity contribution >= 4 is 5.78 Å². The molecule has 2 aromatic carbocycles. The molecule has 2 atom stereocenters. The molecule has 2 aromatic rings. The van der Waals surface area contributed by atoms with Crippen molar-refractivity contribution in [1.29, 1.82) is 5.26 Å². The second-order valence-electron chi connectivity index (χ2n) is 7.77. The Morgan fingerprint density at radius 3 is 2.48 bits per heavy atom. The molecule has 138 valence electrons. The normalized spacial score (nSPS) is 24.5. The van der Waals surface area contributed by atoms with E-state index in [9.17, 15) is 14.4 Å². The number of piperidine rings is 1. The standard InChI is InChI=1S/C23H23FN2O/c24-20-7-6-17(14-25)18(10-20)13-23(27)19-11-21-8-9-22(12-19)26(21)15-16-4-2-1-3-5-16/h1-7,10,19,21-22H,8-9,11-13,15H2. The summed E-state index contributed by atoms with van der Waals surface area (Å²) in [6.45, 7) is 0.944. The first-order valence-corrected chi connectivity index (χ1v) is 9.65. The molecule has 27 heavy (non-hydrogen) atoms. The molecular weight excluding hydrogens is 339 g/mol. The Labute approximate surface area is 159 Å². The highest BCUT2D eigenvalue weighted by Gasteiger charge is 2.42. The van der Waals surface area contributed by atoms with Gasteiger partial charge in [0.15, 0.2) is 0 Å². The van der Waals surface area contributed by atoms with Gasteiger partial charge in [0, 0.05) is 31.0 Å². The summed E-state index contributed by atoms with van der Waals surface area (Å²) >= 11 is 0. The number of nitriles is 1. The van der Waals surface area contributed by atoms with Crippen LogP contribution in [0.5, 0.6) is 0 Å². The maximum atomic E-state index is 13.5. The molecule has 0 radical (unpaired) electrons. The van der Waals surface area contributed by atoms with E-state index in [1.165, 1.54) is 23.8 Å². The Morgan fingerprint density at radius 2 is 1.81 bits per heavy atom. The van der Waals surface area contributed by atoms with Gasteiger partial charge in [-0.05, 0) is 55.0 Å². The first-order chi connectivity index (χ1) is 13.1. The number of halogens is 1. The predicted molar refractivity (Wildman–Crippen MR) is 101 cm³/mol. The van der Waals surface area contributed by atoms with Crippen LogP contribution in [-0.4, -0.2) is 22.8 Å². The topological polar surface area (TPSA) is 44.1 Å². The molecule has 2 bridgehead atoms. The summed E-state index contributed by atoms with van der Waals surface area (Å²) in [5.41, 5.74) is 2.23. The van der Waals surface area contributed by atoms with E-state index in [4.69, 9.17) is 0 Å². The Kier molecular flexibility index (Phi) is 5.05. The van der Waals surface area contributed by atoms with Gasteiger partial charge in [0.05, 0.1) is 11.6 Å². The molecule has 3 nitrogen and oxygen atoms in total. The molecule has 2 unspecified atom stereocenters. The number of carbonyl (C=O) groups excluding carboxylic acids is 1. The number of ketones is 1. The van der Waals surface area contributed by atoms with Gasteiger partial charge in [-0.1, -0.05) is 30.3 Å². The molecule has 4 heteroatoms. The molecule has 0 spiro atoms. The molecule has 0 N–H and O–H groups in total. The summed E-state index contributed by atoms with van der Waals surface area (Å²) in [5, 5.41) is 9.21. The van der Waals surface area contributed by atoms with Crippen LogP contribution >= 0.6 is 0 Å². The smallest absolute Gasteiger partial charge is 0.140 e. The van der Waals surface area contributed by atoms with Gasteiger partial charge in [0.2, 0.25) is 0 Å². The Hall–Kier alpha value is -2.51. The van der Waals surface area contributed by atoms with Crippen molar-refractivity contribution in [2.75, 3.05) is 0 Å². The molecule has 0 aromatic heterocycles. The molecule has 2 aliphatic rings. The minimum absolute atomic E-state index is 0.0179. The minimum atomic E-state index is -0.394. The van der Waals surface area contributed by atoms with Crippen LogP contribution in [0.15, 0.2) is 48.5 Å². The van der Waals surface area contributed by atoms with Gasteiger partial charge in [0.1, 0.15) is 11.6 Å². The highest BCUT2D eigenvalue weighted by Crippen LogP contribution is 2.40. The average molecular weight is 362 g/mol. The highest BCUT2D eigenvalue weighted by atomic mass is 19.1. The van der Waals surface area contributed by atoms with E-state index in [1.54, 1.807) is 0 Å². The van der Waals surface area contributed by atoms with Crippen molar-refractivity contribution in [2.24, 2.45) is 5.92 Å². The van der Waals surface area contributed by atoms with E-state index < -0.39 is 5.82 Å². The summed E-state index contributed by atoms with van der Waals surface area (Å²) in [4.78, 5) is 15.4. The Balaban J connectivity index is 1.43. The van der Waals surface area contributed by atoms with Gasteiger partial charge in [-0.15, -0.1) is 0 Å². The van der Waals surface area contributed by atoms with Crippen LogP contribution in [0.1, 0.15) is 42.4 Å². The maximum absolute atomic E-state index is 13.5. The lowest BCUT2D eigenvalue weighted by Gasteiger charge is -2.38. The van der Waals surface area contributed by atoms with Crippen molar-refractivity contribution in [2.45, 2.75) is 50.7 Å². The van der Waals surface area contributed by atoms with Crippen molar-refractivity contribution in [3.8, 4) is 6.07 Å². The predicted octanol–water partition coefficient (Wildman–Crippen LogP) is 4.25. The Morgan fingerprint density at radius 1 is 1.11 bits per heavy atom. The first-order valence-electron chi connectivity index (χ1n) is 9.65. The van der Waals surface area contributed by atoms with Crippen molar-refractivity contribution < 1.29 is 9.18 Å². The minimum Gasteiger partial charge on any atom is -0.299 e. The summed E-state index contributed by atoms with van der Waals surface area (Å²) in [7, 11) is 0. The fraction of sp³-hybridized carbons (Fsp3) is 0.391. The van der Waals surface area contributed by atoms with E-state index in [1.807, 2.05) is 6.07 Å². The molecule has 4 rings (SSSR count). The number of carbonyl (C=O) groups is 1. The summed E-state index contributed by atoms with van der Waals surface area (Å²) in [6, 6.07) is 17.5.